The molecule has 0 spiro atoms. The number of nitrogens with zero attached hydrogens (tertiary/aromatic N) is 1. The summed E-state index contributed by atoms with van der Waals surface area (Å²) >= 11 is 0. The summed E-state index contributed by atoms with van der Waals surface area (Å²) < 4.78 is 2.21. The summed E-state index contributed by atoms with van der Waals surface area (Å²) in [7, 11) is 0. The van der Waals surface area contributed by atoms with E-state index in [1.54, 1.807) is 0 Å². The van der Waals surface area contributed by atoms with E-state index in [-0.39, 0.29) is 30.5 Å². The van der Waals surface area contributed by atoms with E-state index in [0.717, 1.165) is 23.4 Å². The fraction of sp³-hybridized carbons (Fsp3) is 0.381. The summed E-state index contributed by atoms with van der Waals surface area (Å²) in [6.07, 6.45) is 4.72. The van der Waals surface area contributed by atoms with Gasteiger partial charge in [0, 0.05) is 30.0 Å². The van der Waals surface area contributed by atoms with E-state index in [1.165, 1.54) is 5.56 Å². The van der Waals surface area contributed by atoms with Crippen molar-refractivity contribution in [1.82, 2.24) is 9.88 Å². The zero-order valence-corrected chi connectivity index (χ0v) is 15.1. The predicted octanol–water partition coefficient (Wildman–Crippen LogP) is 3.38. The highest BCUT2D eigenvalue weighted by molar-refractivity contribution is 5.96. The Balaban J connectivity index is 1.80. The van der Waals surface area contributed by atoms with Gasteiger partial charge in [-0.15, -0.1) is 0 Å². The lowest BCUT2D eigenvalue weighted by Crippen LogP contribution is -2.33. The van der Waals surface area contributed by atoms with Crippen LogP contribution in [0.5, 0.6) is 0 Å². The monoisotopic (exact) mass is 338 g/mol. The summed E-state index contributed by atoms with van der Waals surface area (Å²) in [5, 5.41) is 12.3. The van der Waals surface area contributed by atoms with Crippen molar-refractivity contribution >= 4 is 5.91 Å². The molecule has 4 heteroatoms. The van der Waals surface area contributed by atoms with Crippen LogP contribution < -0.4 is 5.32 Å². The number of aliphatic hydroxyl groups is 1. The fourth-order valence-corrected chi connectivity index (χ4v) is 3.75. The average Bonchev–Trinajstić information content (AvgIpc) is 3.19. The molecule has 0 saturated carbocycles. The molecular formula is C21H26N2O2. The number of amides is 1. The highest BCUT2D eigenvalue weighted by atomic mass is 16.3. The Bertz CT molecular complexity index is 777. The number of aryl methyl sites for hydroxylation is 1. The van der Waals surface area contributed by atoms with Crippen LogP contribution in [0.4, 0.5) is 0 Å². The number of rotatable bonds is 5. The van der Waals surface area contributed by atoms with Crippen LogP contribution >= 0.6 is 0 Å². The first-order chi connectivity index (χ1) is 12.0. The summed E-state index contributed by atoms with van der Waals surface area (Å²) in [6.45, 7) is 6.33. The van der Waals surface area contributed by atoms with Crippen LogP contribution in [-0.2, 0) is 0 Å². The first-order valence-electron chi connectivity index (χ1n) is 8.84. The molecule has 25 heavy (non-hydrogen) atoms. The number of aliphatic hydroxyl groups excluding tert-OH is 1. The molecule has 0 saturated heterocycles. The highest BCUT2D eigenvalue weighted by Crippen LogP contribution is 2.26. The number of benzene rings is 1. The average molecular weight is 338 g/mol. The highest BCUT2D eigenvalue weighted by Gasteiger charge is 2.23. The Kier molecular flexibility index (Phi) is 5.09. The van der Waals surface area contributed by atoms with Crippen LogP contribution in [0.3, 0.4) is 0 Å². The minimum atomic E-state index is -0.0483. The molecule has 2 N–H and O–H groups in total. The molecule has 0 radical (unpaired) electrons. The minimum absolute atomic E-state index is 0.000692. The zero-order chi connectivity index (χ0) is 18.0. The maximum Gasteiger partial charge on any atom is 0.253 e. The molecule has 132 valence electrons. The van der Waals surface area contributed by atoms with Crippen molar-refractivity contribution in [3.8, 4) is 0 Å². The van der Waals surface area contributed by atoms with Crippen LogP contribution in [0, 0.1) is 19.8 Å². The maximum atomic E-state index is 12.7. The number of hydrogen-bond donors (Lipinski definition) is 2. The van der Waals surface area contributed by atoms with Gasteiger partial charge < -0.3 is 15.0 Å². The number of carbonyl (C=O) groups is 1. The standard InChI is InChI=1S/C21H26N2O2/c1-14-11-20(21(25)22-19-10-9-17(12-19)13-24)16(3)23(14)15(2)18-7-5-4-6-8-18/h4-11,15,17,19,24H,12-13H2,1-3H3,(H,22,25)/t15?,17-,19+/m0/s1. The third-order valence-corrected chi connectivity index (χ3v) is 5.12. The molecule has 0 fully saturated rings. The molecule has 0 bridgehead atoms. The van der Waals surface area contributed by atoms with Crippen LogP contribution in [0.25, 0.3) is 0 Å². The van der Waals surface area contributed by atoms with Crippen LogP contribution in [-0.4, -0.2) is 28.2 Å². The minimum Gasteiger partial charge on any atom is -0.396 e. The van der Waals surface area contributed by atoms with E-state index in [9.17, 15) is 9.90 Å². The molecule has 1 aliphatic rings. The van der Waals surface area contributed by atoms with Crippen molar-refractivity contribution in [3.63, 3.8) is 0 Å². The number of hydrogen-bond acceptors (Lipinski definition) is 2. The number of carbonyl (C=O) groups excluding carboxylic acids is 1. The first kappa shape index (κ1) is 17.5. The number of nitrogens with one attached hydrogen (secondary N) is 1. The van der Waals surface area contributed by atoms with E-state index in [1.807, 2.05) is 50.3 Å². The summed E-state index contributed by atoms with van der Waals surface area (Å²) in [6, 6.07) is 12.5. The van der Waals surface area contributed by atoms with Gasteiger partial charge in [0.05, 0.1) is 11.6 Å². The van der Waals surface area contributed by atoms with Gasteiger partial charge in [-0.05, 0) is 38.8 Å². The molecule has 3 rings (SSSR count). The lowest BCUT2D eigenvalue weighted by atomic mass is 10.1. The molecule has 3 atom stereocenters. The Hall–Kier alpha value is -2.33. The largest absolute Gasteiger partial charge is 0.396 e. The van der Waals surface area contributed by atoms with Gasteiger partial charge in [-0.1, -0.05) is 42.5 Å². The van der Waals surface area contributed by atoms with Gasteiger partial charge in [-0.3, -0.25) is 4.79 Å². The molecule has 1 amide bonds. The Morgan fingerprint density at radius 1 is 1.28 bits per heavy atom. The maximum absolute atomic E-state index is 12.7. The fourth-order valence-electron chi connectivity index (χ4n) is 3.75. The Morgan fingerprint density at radius 3 is 2.64 bits per heavy atom. The lowest BCUT2D eigenvalue weighted by Gasteiger charge is -2.19. The van der Waals surface area contributed by atoms with Crippen molar-refractivity contribution in [1.29, 1.82) is 0 Å². The van der Waals surface area contributed by atoms with Crippen molar-refractivity contribution in [3.05, 3.63) is 71.1 Å². The molecule has 1 heterocycles. The smallest absolute Gasteiger partial charge is 0.253 e. The first-order valence-corrected chi connectivity index (χ1v) is 8.84. The van der Waals surface area contributed by atoms with Gasteiger partial charge in [-0.2, -0.15) is 0 Å². The predicted molar refractivity (Wildman–Crippen MR) is 99.7 cm³/mol. The second kappa shape index (κ2) is 7.28. The zero-order valence-electron chi connectivity index (χ0n) is 15.1. The molecule has 1 aromatic heterocycles. The Labute approximate surface area is 149 Å². The molecule has 1 aliphatic carbocycles. The van der Waals surface area contributed by atoms with Crippen LogP contribution in [0.1, 0.15) is 46.7 Å². The van der Waals surface area contributed by atoms with Gasteiger partial charge in [-0.25, -0.2) is 0 Å². The molecule has 2 aromatic rings. The second-order valence-electron chi connectivity index (χ2n) is 6.88. The Morgan fingerprint density at radius 2 is 2.00 bits per heavy atom. The van der Waals surface area contributed by atoms with Gasteiger partial charge in [0.2, 0.25) is 0 Å². The third kappa shape index (κ3) is 3.54. The van der Waals surface area contributed by atoms with Gasteiger partial charge in [0.15, 0.2) is 0 Å². The topological polar surface area (TPSA) is 54.3 Å². The van der Waals surface area contributed by atoms with E-state index in [2.05, 4.69) is 28.9 Å². The molecular weight excluding hydrogens is 312 g/mol. The van der Waals surface area contributed by atoms with Crippen molar-refractivity contribution < 1.29 is 9.90 Å². The summed E-state index contributed by atoms with van der Waals surface area (Å²) in [4.78, 5) is 12.7. The van der Waals surface area contributed by atoms with E-state index in [0.29, 0.717) is 0 Å². The summed E-state index contributed by atoms with van der Waals surface area (Å²) in [5.74, 6) is 0.101. The van der Waals surface area contributed by atoms with Crippen molar-refractivity contribution in [2.75, 3.05) is 6.61 Å². The molecule has 1 unspecified atom stereocenters. The van der Waals surface area contributed by atoms with Crippen molar-refractivity contribution in [2.24, 2.45) is 5.92 Å². The van der Waals surface area contributed by atoms with E-state index >= 15 is 0 Å². The van der Waals surface area contributed by atoms with E-state index in [4.69, 9.17) is 0 Å². The van der Waals surface area contributed by atoms with Crippen LogP contribution in [0.2, 0.25) is 0 Å². The summed E-state index contributed by atoms with van der Waals surface area (Å²) in [5.41, 5.74) is 4.00. The quantitative estimate of drug-likeness (QED) is 0.821. The van der Waals surface area contributed by atoms with Gasteiger partial charge >= 0.3 is 0 Å². The van der Waals surface area contributed by atoms with Gasteiger partial charge in [0.25, 0.3) is 5.91 Å². The molecule has 0 aliphatic heterocycles. The SMILES string of the molecule is Cc1cc(C(=O)N[C@@H]2C=C[C@H](CO)C2)c(C)n1C(C)c1ccccc1. The van der Waals surface area contributed by atoms with E-state index < -0.39 is 0 Å². The lowest BCUT2D eigenvalue weighted by molar-refractivity contribution is 0.0940. The molecule has 1 aromatic carbocycles. The second-order valence-corrected chi connectivity index (χ2v) is 6.88. The van der Waals surface area contributed by atoms with Gasteiger partial charge in [0.1, 0.15) is 0 Å². The normalized spacial score (nSPS) is 20.6. The molecule has 4 nitrogen and oxygen atoms in total. The van der Waals surface area contributed by atoms with Crippen molar-refractivity contribution in [2.45, 2.75) is 39.3 Å². The third-order valence-electron chi connectivity index (χ3n) is 5.12. The van der Waals surface area contributed by atoms with Crippen LogP contribution in [0.15, 0.2) is 48.6 Å². The number of aromatic nitrogens is 1.